The maximum atomic E-state index is 6.33. The van der Waals surface area contributed by atoms with E-state index in [1.807, 2.05) is 0 Å². The predicted octanol–water partition coefficient (Wildman–Crippen LogP) is 3.62. The van der Waals surface area contributed by atoms with Crippen LogP contribution in [0.3, 0.4) is 0 Å². The third-order valence-electron chi connectivity index (χ3n) is 3.14. The Morgan fingerprint density at radius 2 is 2.14 bits per heavy atom. The standard InChI is InChI=1S/C12H12ClN/c1-7-5-6-10-11(12(7)13)8-3-2-4-9(8)14-10/h5-6,14H,2-4H2,1H3. The predicted molar refractivity (Wildman–Crippen MR) is 60.1 cm³/mol. The van der Waals surface area contributed by atoms with Crippen molar-refractivity contribution in [1.82, 2.24) is 4.98 Å². The molecule has 0 saturated heterocycles. The zero-order chi connectivity index (χ0) is 9.71. The largest absolute Gasteiger partial charge is 0.358 e. The Morgan fingerprint density at radius 3 is 3.00 bits per heavy atom. The van der Waals surface area contributed by atoms with Crippen molar-refractivity contribution >= 4 is 22.5 Å². The van der Waals surface area contributed by atoms with Crippen molar-refractivity contribution in [2.24, 2.45) is 0 Å². The highest BCUT2D eigenvalue weighted by Crippen LogP contribution is 2.35. The van der Waals surface area contributed by atoms with E-state index in [9.17, 15) is 0 Å². The minimum atomic E-state index is 0.932. The van der Waals surface area contributed by atoms with E-state index in [0.717, 1.165) is 5.02 Å². The molecular formula is C12H12ClN. The van der Waals surface area contributed by atoms with Crippen LogP contribution in [0, 0.1) is 6.92 Å². The van der Waals surface area contributed by atoms with Crippen molar-refractivity contribution in [3.63, 3.8) is 0 Å². The summed E-state index contributed by atoms with van der Waals surface area (Å²) in [6.45, 7) is 2.07. The molecule has 0 fully saturated rings. The first-order valence-electron chi connectivity index (χ1n) is 5.06. The molecule has 2 aromatic rings. The maximum absolute atomic E-state index is 6.33. The molecule has 2 heteroatoms. The van der Waals surface area contributed by atoms with Crippen LogP contribution in [0.1, 0.15) is 23.2 Å². The average molecular weight is 206 g/mol. The zero-order valence-electron chi connectivity index (χ0n) is 8.15. The van der Waals surface area contributed by atoms with Gasteiger partial charge in [-0.2, -0.15) is 0 Å². The molecule has 1 aliphatic rings. The third-order valence-corrected chi connectivity index (χ3v) is 3.63. The van der Waals surface area contributed by atoms with Crippen LogP contribution in [-0.2, 0) is 12.8 Å². The maximum Gasteiger partial charge on any atom is 0.0531 e. The van der Waals surface area contributed by atoms with Gasteiger partial charge in [0.25, 0.3) is 0 Å². The van der Waals surface area contributed by atoms with Crippen molar-refractivity contribution in [1.29, 1.82) is 0 Å². The lowest BCUT2D eigenvalue weighted by atomic mass is 10.1. The summed E-state index contributed by atoms with van der Waals surface area (Å²) < 4.78 is 0. The molecule has 0 atom stereocenters. The van der Waals surface area contributed by atoms with E-state index < -0.39 is 0 Å². The van der Waals surface area contributed by atoms with Gasteiger partial charge in [0.1, 0.15) is 0 Å². The Bertz CT molecular complexity index is 511. The smallest absolute Gasteiger partial charge is 0.0531 e. The van der Waals surface area contributed by atoms with Crippen LogP contribution in [0.25, 0.3) is 10.9 Å². The molecule has 0 saturated carbocycles. The highest BCUT2D eigenvalue weighted by molar-refractivity contribution is 6.36. The zero-order valence-corrected chi connectivity index (χ0v) is 8.91. The number of hydrogen-bond acceptors (Lipinski definition) is 0. The topological polar surface area (TPSA) is 15.8 Å². The Morgan fingerprint density at radius 1 is 1.29 bits per heavy atom. The molecule has 1 aromatic carbocycles. The molecule has 0 aliphatic heterocycles. The number of fused-ring (bicyclic) bond motifs is 3. The van der Waals surface area contributed by atoms with E-state index in [1.165, 1.54) is 47.0 Å². The van der Waals surface area contributed by atoms with Gasteiger partial charge in [-0.25, -0.2) is 0 Å². The van der Waals surface area contributed by atoms with E-state index >= 15 is 0 Å². The summed E-state index contributed by atoms with van der Waals surface area (Å²) in [5.41, 5.74) is 5.22. The van der Waals surface area contributed by atoms with Crippen molar-refractivity contribution in [3.05, 3.63) is 34.0 Å². The second-order valence-electron chi connectivity index (χ2n) is 4.05. The van der Waals surface area contributed by atoms with Crippen LogP contribution in [0.5, 0.6) is 0 Å². The second kappa shape index (κ2) is 2.77. The molecular weight excluding hydrogens is 194 g/mol. The average Bonchev–Trinajstić information content (AvgIpc) is 2.70. The normalized spacial score (nSPS) is 15.0. The minimum Gasteiger partial charge on any atom is -0.358 e. The van der Waals surface area contributed by atoms with Gasteiger partial charge in [-0.15, -0.1) is 0 Å². The van der Waals surface area contributed by atoms with Crippen molar-refractivity contribution < 1.29 is 0 Å². The SMILES string of the molecule is Cc1ccc2[nH]c3c(c2c1Cl)CCC3. The summed E-state index contributed by atoms with van der Waals surface area (Å²) in [5, 5.41) is 2.20. The van der Waals surface area contributed by atoms with Gasteiger partial charge in [0.05, 0.1) is 5.02 Å². The molecule has 1 heterocycles. The monoisotopic (exact) mass is 205 g/mol. The van der Waals surface area contributed by atoms with E-state index in [4.69, 9.17) is 11.6 Å². The molecule has 0 spiro atoms. The summed E-state index contributed by atoms with van der Waals surface area (Å²) in [6.07, 6.45) is 3.62. The Labute approximate surface area is 88.1 Å². The van der Waals surface area contributed by atoms with Gasteiger partial charge in [0.2, 0.25) is 0 Å². The minimum absolute atomic E-state index is 0.932. The van der Waals surface area contributed by atoms with Crippen molar-refractivity contribution in [2.75, 3.05) is 0 Å². The lowest BCUT2D eigenvalue weighted by Crippen LogP contribution is -1.80. The lowest BCUT2D eigenvalue weighted by molar-refractivity contribution is 0.899. The van der Waals surface area contributed by atoms with Gasteiger partial charge >= 0.3 is 0 Å². The molecule has 1 aromatic heterocycles. The first-order chi connectivity index (χ1) is 6.77. The second-order valence-corrected chi connectivity index (χ2v) is 4.43. The lowest BCUT2D eigenvalue weighted by Gasteiger charge is -2.00. The number of nitrogens with one attached hydrogen (secondary N) is 1. The van der Waals surface area contributed by atoms with Gasteiger partial charge in [-0.1, -0.05) is 17.7 Å². The van der Waals surface area contributed by atoms with E-state index in [0.29, 0.717) is 0 Å². The van der Waals surface area contributed by atoms with E-state index in [2.05, 4.69) is 24.0 Å². The fraction of sp³-hybridized carbons (Fsp3) is 0.333. The number of rotatable bonds is 0. The van der Waals surface area contributed by atoms with Crippen LogP contribution in [0.4, 0.5) is 0 Å². The molecule has 14 heavy (non-hydrogen) atoms. The van der Waals surface area contributed by atoms with E-state index in [-0.39, 0.29) is 0 Å². The molecule has 0 amide bonds. The Balaban J connectivity index is 2.46. The first kappa shape index (κ1) is 8.37. The quantitative estimate of drug-likeness (QED) is 0.676. The van der Waals surface area contributed by atoms with Gasteiger partial charge in [-0.3, -0.25) is 0 Å². The molecule has 0 bridgehead atoms. The summed E-state index contributed by atoms with van der Waals surface area (Å²) in [7, 11) is 0. The molecule has 1 aliphatic carbocycles. The van der Waals surface area contributed by atoms with Gasteiger partial charge in [0, 0.05) is 16.6 Å². The number of aromatic nitrogens is 1. The molecule has 1 N–H and O–H groups in total. The van der Waals surface area contributed by atoms with Crippen LogP contribution in [-0.4, -0.2) is 4.98 Å². The molecule has 3 rings (SSSR count). The number of hydrogen-bond donors (Lipinski definition) is 1. The molecule has 1 nitrogen and oxygen atoms in total. The van der Waals surface area contributed by atoms with Crippen molar-refractivity contribution in [2.45, 2.75) is 26.2 Å². The number of aryl methyl sites for hydroxylation is 3. The number of aromatic amines is 1. The van der Waals surface area contributed by atoms with E-state index in [1.54, 1.807) is 0 Å². The summed E-state index contributed by atoms with van der Waals surface area (Å²) in [6, 6.07) is 4.21. The summed E-state index contributed by atoms with van der Waals surface area (Å²) in [4.78, 5) is 3.46. The molecule has 0 radical (unpaired) electrons. The Hall–Kier alpha value is -0.950. The molecule has 72 valence electrons. The number of benzene rings is 1. The fourth-order valence-electron chi connectivity index (χ4n) is 2.40. The Kier molecular flexibility index (Phi) is 1.65. The van der Waals surface area contributed by atoms with Crippen LogP contribution < -0.4 is 0 Å². The van der Waals surface area contributed by atoms with Gasteiger partial charge < -0.3 is 4.98 Å². The van der Waals surface area contributed by atoms with Gasteiger partial charge in [-0.05, 0) is 43.4 Å². The highest BCUT2D eigenvalue weighted by atomic mass is 35.5. The van der Waals surface area contributed by atoms with Crippen molar-refractivity contribution in [3.8, 4) is 0 Å². The number of halogens is 1. The fourth-order valence-corrected chi connectivity index (χ4v) is 2.68. The molecule has 0 unspecified atom stereocenters. The third kappa shape index (κ3) is 0.963. The first-order valence-corrected chi connectivity index (χ1v) is 5.43. The highest BCUT2D eigenvalue weighted by Gasteiger charge is 2.18. The summed E-state index contributed by atoms with van der Waals surface area (Å²) in [5.74, 6) is 0. The van der Waals surface area contributed by atoms with Crippen LogP contribution >= 0.6 is 11.6 Å². The van der Waals surface area contributed by atoms with Crippen LogP contribution in [0.2, 0.25) is 5.02 Å². The number of H-pyrrole nitrogens is 1. The van der Waals surface area contributed by atoms with Crippen LogP contribution in [0.15, 0.2) is 12.1 Å². The van der Waals surface area contributed by atoms with Gasteiger partial charge in [0.15, 0.2) is 0 Å². The summed E-state index contributed by atoms with van der Waals surface area (Å²) >= 11 is 6.33.